The van der Waals surface area contributed by atoms with Crippen LogP contribution in [-0.4, -0.2) is 22.9 Å². The minimum Gasteiger partial charge on any atom is -0.317 e. The van der Waals surface area contributed by atoms with Crippen molar-refractivity contribution < 1.29 is 0 Å². The zero-order chi connectivity index (χ0) is 11.1. The van der Waals surface area contributed by atoms with E-state index in [2.05, 4.69) is 36.5 Å². The first-order valence-electron chi connectivity index (χ1n) is 5.56. The number of hydrogen-bond donors (Lipinski definition) is 1. The zero-order valence-electron chi connectivity index (χ0n) is 9.95. The van der Waals surface area contributed by atoms with Crippen LogP contribution in [0, 0.1) is 0 Å². The second-order valence-electron chi connectivity index (χ2n) is 3.89. The molecule has 0 atom stereocenters. The maximum Gasteiger partial charge on any atom is 0.0524 e. The third-order valence-corrected chi connectivity index (χ3v) is 2.31. The first-order valence-corrected chi connectivity index (χ1v) is 5.56. The lowest BCUT2D eigenvalue weighted by molar-refractivity contribution is 0.724. The fraction of sp³-hybridized carbons (Fsp3) is 0.583. The molecular weight excluding hydrogens is 186 g/mol. The molecule has 0 aliphatic rings. The maximum absolute atomic E-state index is 4.16. The summed E-state index contributed by atoms with van der Waals surface area (Å²) in [4.78, 5) is 0. The number of aromatic nitrogens is 2. The van der Waals surface area contributed by atoms with Crippen molar-refractivity contribution in [1.82, 2.24) is 15.1 Å². The second-order valence-corrected chi connectivity index (χ2v) is 3.89. The molecule has 15 heavy (non-hydrogen) atoms. The number of aryl methyl sites for hydroxylation is 1. The van der Waals surface area contributed by atoms with Crippen LogP contribution in [0.2, 0.25) is 0 Å². The smallest absolute Gasteiger partial charge is 0.0524 e. The summed E-state index contributed by atoms with van der Waals surface area (Å²) in [5.74, 6) is 0. The van der Waals surface area contributed by atoms with Gasteiger partial charge in [-0.15, -0.1) is 0 Å². The molecule has 1 aromatic rings. The van der Waals surface area contributed by atoms with Gasteiger partial charge in [0.05, 0.1) is 6.20 Å². The van der Waals surface area contributed by atoms with E-state index in [-0.39, 0.29) is 0 Å². The van der Waals surface area contributed by atoms with Gasteiger partial charge in [-0.3, -0.25) is 4.68 Å². The molecule has 0 spiro atoms. The minimum atomic E-state index is 1.01. The van der Waals surface area contributed by atoms with E-state index < -0.39 is 0 Å². The van der Waals surface area contributed by atoms with Crippen molar-refractivity contribution in [3.05, 3.63) is 29.6 Å². The summed E-state index contributed by atoms with van der Waals surface area (Å²) in [6, 6.07) is 0. The molecule has 3 heteroatoms. The fourth-order valence-electron chi connectivity index (χ4n) is 1.55. The van der Waals surface area contributed by atoms with E-state index in [0.29, 0.717) is 0 Å². The quantitative estimate of drug-likeness (QED) is 0.570. The summed E-state index contributed by atoms with van der Waals surface area (Å²) < 4.78 is 1.85. The summed E-state index contributed by atoms with van der Waals surface area (Å²) in [7, 11) is 1.95. The van der Waals surface area contributed by atoms with Gasteiger partial charge < -0.3 is 5.32 Å². The summed E-state index contributed by atoms with van der Waals surface area (Å²) >= 11 is 0. The Kier molecular flexibility index (Phi) is 5.12. The van der Waals surface area contributed by atoms with Gasteiger partial charge in [0.1, 0.15) is 0 Å². The van der Waals surface area contributed by atoms with Gasteiger partial charge in [0, 0.05) is 13.2 Å². The van der Waals surface area contributed by atoms with Crippen LogP contribution in [0.3, 0.4) is 0 Å². The summed E-state index contributed by atoms with van der Waals surface area (Å²) in [5, 5.41) is 7.47. The Balaban J connectivity index is 2.31. The van der Waals surface area contributed by atoms with Crippen molar-refractivity contribution in [2.24, 2.45) is 7.05 Å². The lowest BCUT2D eigenvalue weighted by atomic mass is 10.1. The van der Waals surface area contributed by atoms with Crippen molar-refractivity contribution in [1.29, 1.82) is 0 Å². The van der Waals surface area contributed by atoms with E-state index in [9.17, 15) is 0 Å². The van der Waals surface area contributed by atoms with E-state index in [1.807, 2.05) is 17.9 Å². The molecule has 0 aromatic carbocycles. The summed E-state index contributed by atoms with van der Waals surface area (Å²) in [5.41, 5.74) is 2.70. The average Bonchev–Trinajstić information content (AvgIpc) is 2.59. The van der Waals surface area contributed by atoms with Gasteiger partial charge in [-0.05, 0) is 38.4 Å². The Bertz CT molecular complexity index is 312. The molecule has 1 N–H and O–H groups in total. The molecule has 0 unspecified atom stereocenters. The normalized spacial score (nSPS) is 12.1. The molecule has 0 aliphatic heterocycles. The fourth-order valence-corrected chi connectivity index (χ4v) is 1.55. The van der Waals surface area contributed by atoms with Crippen LogP contribution >= 0.6 is 0 Å². The van der Waals surface area contributed by atoms with E-state index in [1.165, 1.54) is 11.1 Å². The molecular formula is C12H21N3. The summed E-state index contributed by atoms with van der Waals surface area (Å²) in [6.45, 7) is 6.43. The number of rotatable bonds is 6. The summed E-state index contributed by atoms with van der Waals surface area (Å²) in [6.07, 6.45) is 8.43. The Morgan fingerprint density at radius 3 is 3.00 bits per heavy atom. The first kappa shape index (κ1) is 12.0. The molecule has 84 valence electrons. The van der Waals surface area contributed by atoms with Crippen LogP contribution in [0.25, 0.3) is 0 Å². The molecule has 1 aromatic heterocycles. The van der Waals surface area contributed by atoms with Crippen LogP contribution in [-0.2, 0) is 13.5 Å². The van der Waals surface area contributed by atoms with Gasteiger partial charge in [0.25, 0.3) is 0 Å². The third-order valence-electron chi connectivity index (χ3n) is 2.31. The molecule has 0 radical (unpaired) electrons. The number of hydrogen-bond acceptors (Lipinski definition) is 2. The highest BCUT2D eigenvalue weighted by Crippen LogP contribution is 2.06. The maximum atomic E-state index is 4.16. The lowest BCUT2D eigenvalue weighted by Gasteiger charge is -2.00. The zero-order valence-corrected chi connectivity index (χ0v) is 9.95. The first-order chi connectivity index (χ1) is 7.22. The minimum absolute atomic E-state index is 1.01. The van der Waals surface area contributed by atoms with Crippen LogP contribution in [0.1, 0.15) is 25.8 Å². The van der Waals surface area contributed by atoms with Crippen molar-refractivity contribution in [2.45, 2.75) is 26.7 Å². The van der Waals surface area contributed by atoms with Crippen molar-refractivity contribution >= 4 is 0 Å². The predicted molar refractivity (Wildman–Crippen MR) is 63.8 cm³/mol. The van der Waals surface area contributed by atoms with Gasteiger partial charge in [-0.2, -0.15) is 5.10 Å². The SMILES string of the molecule is CCNCCC=C(C)Cc1cnn(C)c1. The number of allylic oxidation sites excluding steroid dienone is 1. The highest BCUT2D eigenvalue weighted by Gasteiger charge is 1.96. The molecule has 0 aliphatic carbocycles. The molecule has 0 saturated carbocycles. The van der Waals surface area contributed by atoms with E-state index >= 15 is 0 Å². The Hall–Kier alpha value is -1.09. The van der Waals surface area contributed by atoms with Crippen LogP contribution < -0.4 is 5.32 Å². The second kappa shape index (κ2) is 6.40. The Morgan fingerprint density at radius 1 is 1.60 bits per heavy atom. The Labute approximate surface area is 92.2 Å². The monoisotopic (exact) mass is 207 g/mol. The molecule has 1 heterocycles. The highest BCUT2D eigenvalue weighted by atomic mass is 15.2. The molecule has 0 bridgehead atoms. The van der Waals surface area contributed by atoms with Gasteiger partial charge in [0.15, 0.2) is 0 Å². The lowest BCUT2D eigenvalue weighted by Crippen LogP contribution is -2.13. The van der Waals surface area contributed by atoms with Gasteiger partial charge >= 0.3 is 0 Å². The van der Waals surface area contributed by atoms with Gasteiger partial charge in [-0.25, -0.2) is 0 Å². The molecule has 0 fully saturated rings. The van der Waals surface area contributed by atoms with E-state index in [4.69, 9.17) is 0 Å². The third kappa shape index (κ3) is 4.79. The number of nitrogens with one attached hydrogen (secondary N) is 1. The van der Waals surface area contributed by atoms with Gasteiger partial charge in [-0.1, -0.05) is 18.6 Å². The van der Waals surface area contributed by atoms with Crippen molar-refractivity contribution in [2.75, 3.05) is 13.1 Å². The van der Waals surface area contributed by atoms with E-state index in [0.717, 1.165) is 25.9 Å². The Morgan fingerprint density at radius 2 is 2.40 bits per heavy atom. The van der Waals surface area contributed by atoms with Crippen LogP contribution in [0.15, 0.2) is 24.0 Å². The number of nitrogens with zero attached hydrogens (tertiary/aromatic N) is 2. The largest absolute Gasteiger partial charge is 0.317 e. The molecule has 0 amide bonds. The average molecular weight is 207 g/mol. The molecule has 3 nitrogen and oxygen atoms in total. The highest BCUT2D eigenvalue weighted by molar-refractivity contribution is 5.14. The molecule has 0 saturated heterocycles. The predicted octanol–water partition coefficient (Wildman–Crippen LogP) is 1.91. The standard InChI is InChI=1S/C12H21N3/c1-4-13-7-5-6-11(2)8-12-9-14-15(3)10-12/h6,9-10,13H,4-5,7-8H2,1-3H3. The van der Waals surface area contributed by atoms with Crippen LogP contribution in [0.4, 0.5) is 0 Å². The van der Waals surface area contributed by atoms with Crippen molar-refractivity contribution in [3.63, 3.8) is 0 Å². The molecule has 1 rings (SSSR count). The van der Waals surface area contributed by atoms with Crippen LogP contribution in [0.5, 0.6) is 0 Å². The van der Waals surface area contributed by atoms with Crippen molar-refractivity contribution in [3.8, 4) is 0 Å². The van der Waals surface area contributed by atoms with E-state index in [1.54, 1.807) is 0 Å². The topological polar surface area (TPSA) is 29.9 Å². The van der Waals surface area contributed by atoms with Gasteiger partial charge in [0.2, 0.25) is 0 Å².